The minimum atomic E-state index is -1.08. The molecule has 5 atom stereocenters. The van der Waals surface area contributed by atoms with Crippen LogP contribution in [0.15, 0.2) is 24.4 Å². The second-order valence-corrected chi connectivity index (χ2v) is 10.6. The number of fused-ring (bicyclic) bond motifs is 3. The lowest BCUT2D eigenvalue weighted by atomic mass is 9.86. The predicted molar refractivity (Wildman–Crippen MR) is 149 cm³/mol. The van der Waals surface area contributed by atoms with Gasteiger partial charge in [0, 0.05) is 43.7 Å². The third-order valence-corrected chi connectivity index (χ3v) is 7.62. The summed E-state index contributed by atoms with van der Waals surface area (Å²) >= 11 is 0. The molecular formula is C31H49NO6. The standard InChI is InChI=1S/C31H49NO6/c1-5-9-15-33-22-27-28(34-16-10-6-2)29(35-17-11-7-3)30(36-18-12-8-4)31(38-27)25-20-26-23(13-14-32-26)19-24(25)21-37-31/h13-14,19-20,27-30,32H,5-12,15-18,21-22H2,1-4H3/t27-,28-,29+,30-,31+/m1/s1. The summed E-state index contributed by atoms with van der Waals surface area (Å²) in [5, 5.41) is 1.17. The Kier molecular flexibility index (Phi) is 11.5. The van der Waals surface area contributed by atoms with Crippen molar-refractivity contribution in [3.63, 3.8) is 0 Å². The maximum atomic E-state index is 7.00. The van der Waals surface area contributed by atoms with Crippen LogP contribution >= 0.6 is 0 Å². The van der Waals surface area contributed by atoms with Crippen molar-refractivity contribution in [2.75, 3.05) is 33.0 Å². The maximum Gasteiger partial charge on any atom is 0.226 e. The highest BCUT2D eigenvalue weighted by molar-refractivity contribution is 5.81. The van der Waals surface area contributed by atoms with Crippen LogP contribution in [0.4, 0.5) is 0 Å². The van der Waals surface area contributed by atoms with Gasteiger partial charge in [0.05, 0.1) is 13.2 Å². The molecule has 1 aromatic carbocycles. The normalized spacial score (nSPS) is 26.9. The Hall–Kier alpha value is -1.48. The van der Waals surface area contributed by atoms with Crippen LogP contribution in [0.1, 0.15) is 90.2 Å². The van der Waals surface area contributed by atoms with Gasteiger partial charge in [-0.3, -0.25) is 0 Å². The smallest absolute Gasteiger partial charge is 0.226 e. The van der Waals surface area contributed by atoms with Gasteiger partial charge in [-0.15, -0.1) is 0 Å². The number of aromatic amines is 1. The van der Waals surface area contributed by atoms with Gasteiger partial charge in [-0.1, -0.05) is 53.4 Å². The Morgan fingerprint density at radius 1 is 0.842 bits per heavy atom. The van der Waals surface area contributed by atoms with E-state index in [9.17, 15) is 0 Å². The summed E-state index contributed by atoms with van der Waals surface area (Å²) < 4.78 is 39.7. The minimum Gasteiger partial charge on any atom is -0.379 e. The molecule has 1 spiro atoms. The molecular weight excluding hydrogens is 482 g/mol. The SMILES string of the molecule is CCCCOC[C@H]1O[C@]2(OCc3cc4cc[nH]c4cc32)[C@H](OCCCC)[C@@H](OCCCC)[C@@H]1OCCCC. The Bertz CT molecular complexity index is 963. The fraction of sp³-hybridized carbons (Fsp3) is 0.742. The van der Waals surface area contributed by atoms with Gasteiger partial charge < -0.3 is 33.4 Å². The molecule has 7 heteroatoms. The van der Waals surface area contributed by atoms with E-state index in [2.05, 4.69) is 50.9 Å². The summed E-state index contributed by atoms with van der Waals surface area (Å²) in [5.41, 5.74) is 3.21. The fourth-order valence-corrected chi connectivity index (χ4v) is 5.39. The van der Waals surface area contributed by atoms with E-state index in [-0.39, 0.29) is 18.3 Å². The lowest BCUT2D eigenvalue weighted by Gasteiger charge is -2.51. The Labute approximate surface area is 228 Å². The summed E-state index contributed by atoms with van der Waals surface area (Å²) in [7, 11) is 0. The second kappa shape index (κ2) is 14.8. The fourth-order valence-electron chi connectivity index (χ4n) is 5.39. The quantitative estimate of drug-likeness (QED) is 0.231. The van der Waals surface area contributed by atoms with Gasteiger partial charge in [-0.05, 0) is 54.8 Å². The molecule has 0 bridgehead atoms. The highest BCUT2D eigenvalue weighted by Crippen LogP contribution is 2.49. The first kappa shape index (κ1) is 29.5. The summed E-state index contributed by atoms with van der Waals surface area (Å²) in [6.07, 6.45) is 8.73. The van der Waals surface area contributed by atoms with Crippen LogP contribution in [0.2, 0.25) is 0 Å². The molecule has 4 rings (SSSR count). The van der Waals surface area contributed by atoms with E-state index in [1.54, 1.807) is 0 Å². The number of H-pyrrole nitrogens is 1. The third-order valence-electron chi connectivity index (χ3n) is 7.62. The molecule has 214 valence electrons. The number of hydrogen-bond acceptors (Lipinski definition) is 6. The average molecular weight is 532 g/mol. The highest BCUT2D eigenvalue weighted by Gasteiger charge is 2.61. The van der Waals surface area contributed by atoms with E-state index < -0.39 is 11.9 Å². The second-order valence-electron chi connectivity index (χ2n) is 10.6. The number of hydrogen-bond donors (Lipinski definition) is 1. The zero-order chi connectivity index (χ0) is 26.8. The van der Waals surface area contributed by atoms with Gasteiger partial charge in [0.1, 0.15) is 24.4 Å². The van der Waals surface area contributed by atoms with Crippen LogP contribution < -0.4 is 0 Å². The monoisotopic (exact) mass is 531 g/mol. The van der Waals surface area contributed by atoms with Gasteiger partial charge >= 0.3 is 0 Å². The number of benzene rings is 1. The molecule has 2 aliphatic heterocycles. The molecule has 1 fully saturated rings. The third kappa shape index (κ3) is 6.62. The Morgan fingerprint density at radius 2 is 1.50 bits per heavy atom. The van der Waals surface area contributed by atoms with Crippen molar-refractivity contribution in [2.45, 2.75) is 116 Å². The van der Waals surface area contributed by atoms with Gasteiger partial charge in [-0.2, -0.15) is 0 Å². The average Bonchev–Trinajstić information content (AvgIpc) is 3.53. The van der Waals surface area contributed by atoms with Crippen molar-refractivity contribution in [2.24, 2.45) is 0 Å². The molecule has 2 aromatic rings. The number of unbranched alkanes of at least 4 members (excludes halogenated alkanes) is 4. The van der Waals surface area contributed by atoms with E-state index >= 15 is 0 Å². The minimum absolute atomic E-state index is 0.306. The molecule has 0 aliphatic carbocycles. The zero-order valence-corrected chi connectivity index (χ0v) is 24.0. The molecule has 0 saturated carbocycles. The van der Waals surface area contributed by atoms with Crippen molar-refractivity contribution in [1.82, 2.24) is 4.98 Å². The highest BCUT2D eigenvalue weighted by atomic mass is 16.7. The van der Waals surface area contributed by atoms with Gasteiger partial charge in [0.2, 0.25) is 5.79 Å². The molecule has 38 heavy (non-hydrogen) atoms. The van der Waals surface area contributed by atoms with Crippen molar-refractivity contribution in [3.05, 3.63) is 35.5 Å². The van der Waals surface area contributed by atoms with Gasteiger partial charge in [0.15, 0.2) is 0 Å². The molecule has 3 heterocycles. The van der Waals surface area contributed by atoms with Crippen LogP contribution in [0.3, 0.4) is 0 Å². The lowest BCUT2D eigenvalue weighted by Crippen LogP contribution is -2.66. The van der Waals surface area contributed by atoms with Crippen LogP contribution in [0.5, 0.6) is 0 Å². The van der Waals surface area contributed by atoms with E-state index in [1.165, 1.54) is 5.39 Å². The molecule has 1 N–H and O–H groups in total. The van der Waals surface area contributed by atoms with Crippen molar-refractivity contribution < 1.29 is 28.4 Å². The summed E-state index contributed by atoms with van der Waals surface area (Å²) in [6.45, 7) is 12.2. The number of rotatable bonds is 17. The summed E-state index contributed by atoms with van der Waals surface area (Å²) in [5.74, 6) is -1.08. The lowest BCUT2D eigenvalue weighted by molar-refractivity contribution is -0.384. The van der Waals surface area contributed by atoms with Crippen molar-refractivity contribution >= 4 is 10.9 Å². The first-order chi connectivity index (χ1) is 18.7. The summed E-state index contributed by atoms with van der Waals surface area (Å²) in [6, 6.07) is 6.46. The first-order valence-electron chi connectivity index (χ1n) is 15.0. The Morgan fingerprint density at radius 3 is 2.21 bits per heavy atom. The molecule has 0 amide bonds. The molecule has 0 unspecified atom stereocenters. The van der Waals surface area contributed by atoms with E-state index in [0.717, 1.165) is 68.0 Å². The number of ether oxygens (including phenoxy) is 6. The van der Waals surface area contributed by atoms with Crippen LogP contribution in [0, 0.1) is 0 Å². The van der Waals surface area contributed by atoms with Crippen molar-refractivity contribution in [1.29, 1.82) is 0 Å². The maximum absolute atomic E-state index is 7.00. The van der Waals surface area contributed by atoms with Crippen LogP contribution in [-0.4, -0.2) is 62.4 Å². The van der Waals surface area contributed by atoms with Crippen LogP contribution in [-0.2, 0) is 40.8 Å². The molecule has 2 aliphatic rings. The molecule has 0 radical (unpaired) electrons. The van der Waals surface area contributed by atoms with E-state index in [1.807, 2.05) is 6.20 Å². The van der Waals surface area contributed by atoms with Gasteiger partial charge in [0.25, 0.3) is 0 Å². The largest absolute Gasteiger partial charge is 0.379 e. The van der Waals surface area contributed by atoms with E-state index in [0.29, 0.717) is 39.6 Å². The first-order valence-corrected chi connectivity index (χ1v) is 15.0. The zero-order valence-electron chi connectivity index (χ0n) is 24.0. The Balaban J connectivity index is 1.73. The molecule has 7 nitrogen and oxygen atoms in total. The molecule has 1 aromatic heterocycles. The topological polar surface area (TPSA) is 71.2 Å². The predicted octanol–water partition coefficient (Wildman–Crippen LogP) is 6.62. The van der Waals surface area contributed by atoms with Crippen molar-refractivity contribution in [3.8, 4) is 0 Å². The van der Waals surface area contributed by atoms with E-state index in [4.69, 9.17) is 28.4 Å². The number of aromatic nitrogens is 1. The molecule has 1 saturated heterocycles. The number of nitrogens with one attached hydrogen (secondary N) is 1. The van der Waals surface area contributed by atoms with Gasteiger partial charge in [-0.25, -0.2) is 0 Å². The summed E-state index contributed by atoms with van der Waals surface area (Å²) in [4.78, 5) is 3.36. The van der Waals surface area contributed by atoms with Crippen LogP contribution in [0.25, 0.3) is 10.9 Å².